The first kappa shape index (κ1) is 22.9. The van der Waals surface area contributed by atoms with Crippen LogP contribution in [-0.2, 0) is 0 Å². The summed E-state index contributed by atoms with van der Waals surface area (Å²) in [4.78, 5) is 0. The minimum Gasteiger partial charge on any atom is -0.106 e. The molecule has 10 heavy (non-hydrogen) atoms. The van der Waals surface area contributed by atoms with E-state index < -0.39 is 0 Å². The fourth-order valence-corrected chi connectivity index (χ4v) is 0. The van der Waals surface area contributed by atoms with Gasteiger partial charge in [0.2, 0.25) is 0 Å². The van der Waals surface area contributed by atoms with Crippen molar-refractivity contribution in [3.8, 4) is 0 Å². The molecule has 0 aliphatic heterocycles. The third-order valence-electron chi connectivity index (χ3n) is 0.289. The average Bonchev–Trinajstić information content (AvgIpc) is 2.14. The van der Waals surface area contributed by atoms with E-state index in [1.807, 2.05) is 6.08 Å². The summed E-state index contributed by atoms with van der Waals surface area (Å²) >= 11 is 0. The molecule has 0 fully saturated rings. The molecule has 0 nitrogen and oxygen atoms in total. The summed E-state index contributed by atoms with van der Waals surface area (Å²) in [6, 6.07) is 1.22. The van der Waals surface area contributed by atoms with Gasteiger partial charge in [-0.25, -0.2) is 0 Å². The van der Waals surface area contributed by atoms with Crippen LogP contribution in [0.3, 0.4) is 0 Å². The van der Waals surface area contributed by atoms with Crippen LogP contribution in [0.25, 0.3) is 0 Å². The molecular formula is C9H20Si. The zero-order chi connectivity index (χ0) is 9.41. The molecule has 60 valence electrons. The van der Waals surface area contributed by atoms with Crippen molar-refractivity contribution in [3.63, 3.8) is 0 Å². The van der Waals surface area contributed by atoms with Gasteiger partial charge < -0.3 is 0 Å². The summed E-state index contributed by atoms with van der Waals surface area (Å²) in [6.45, 7) is 21.5. The number of hydrogen-bond acceptors (Lipinski definition) is 0. The highest BCUT2D eigenvalue weighted by atomic mass is 28.1. The second kappa shape index (κ2) is 304. The van der Waals surface area contributed by atoms with Gasteiger partial charge in [0.25, 0.3) is 0 Å². The second-order valence-corrected chi connectivity index (χ2v) is 1.51. The van der Waals surface area contributed by atoms with Crippen LogP contribution in [0.5, 0.6) is 0 Å². The Morgan fingerprint density at radius 2 is 1.00 bits per heavy atom. The first-order valence-corrected chi connectivity index (χ1v) is 4.44. The molecule has 0 radical (unpaired) electrons. The van der Waals surface area contributed by atoms with Gasteiger partial charge in [-0.05, 0) is 6.04 Å². The molecule has 0 amide bonds. The molecule has 0 aromatic heterocycles. The van der Waals surface area contributed by atoms with Gasteiger partial charge >= 0.3 is 0 Å². The minimum atomic E-state index is 1.22. The predicted molar refractivity (Wildman–Crippen MR) is 58.7 cm³/mol. The van der Waals surface area contributed by atoms with E-state index in [2.05, 4.69) is 46.1 Å². The Balaban J connectivity index is -0.0000000262. The van der Waals surface area contributed by atoms with E-state index in [9.17, 15) is 0 Å². The van der Waals surface area contributed by atoms with E-state index in [0.29, 0.717) is 0 Å². The molecule has 0 atom stereocenters. The van der Waals surface area contributed by atoms with Gasteiger partial charge in [0.1, 0.15) is 0 Å². The summed E-state index contributed by atoms with van der Waals surface area (Å²) in [5, 5.41) is 0. The van der Waals surface area contributed by atoms with E-state index in [1.165, 1.54) is 16.3 Å². The van der Waals surface area contributed by atoms with Crippen LogP contribution in [0.4, 0.5) is 0 Å². The molecule has 0 N–H and O–H groups in total. The van der Waals surface area contributed by atoms with Crippen LogP contribution >= 0.6 is 0 Å². The summed E-state index contributed by atoms with van der Waals surface area (Å²) in [5.41, 5.74) is 0. The summed E-state index contributed by atoms with van der Waals surface area (Å²) < 4.78 is 0. The van der Waals surface area contributed by atoms with Gasteiger partial charge in [-0.2, -0.15) is 0 Å². The molecule has 0 unspecified atom stereocenters. The number of allylic oxidation sites excluding steroid dienone is 1. The van der Waals surface area contributed by atoms with E-state index in [-0.39, 0.29) is 0 Å². The maximum atomic E-state index is 3.51. The standard InChI is InChI=1S/C3H8Si.3C2H4/c1-2-3-4;3*1-2/h2H,1,3H2,4H3;3*1-2H2. The minimum absolute atomic E-state index is 1.22. The molecule has 0 aliphatic carbocycles. The molecule has 0 aliphatic rings. The van der Waals surface area contributed by atoms with Gasteiger partial charge in [-0.1, -0.05) is 6.08 Å². The van der Waals surface area contributed by atoms with Gasteiger partial charge in [0.05, 0.1) is 0 Å². The lowest BCUT2D eigenvalue weighted by atomic mass is 10.8. The molecule has 0 rings (SSSR count). The lowest BCUT2D eigenvalue weighted by Crippen LogP contribution is -1.47. The molecule has 0 saturated heterocycles. The largest absolute Gasteiger partial charge is 0.106 e. The molecule has 0 saturated carbocycles. The van der Waals surface area contributed by atoms with Crippen molar-refractivity contribution in [1.29, 1.82) is 0 Å². The third-order valence-corrected chi connectivity index (χ3v) is 0.866. The average molecular weight is 156 g/mol. The summed E-state index contributed by atoms with van der Waals surface area (Å²) in [5.74, 6) is 0. The van der Waals surface area contributed by atoms with Gasteiger partial charge in [-0.3, -0.25) is 0 Å². The highest BCUT2D eigenvalue weighted by molar-refractivity contribution is 6.09. The van der Waals surface area contributed by atoms with Crippen molar-refractivity contribution in [1.82, 2.24) is 0 Å². The van der Waals surface area contributed by atoms with Crippen molar-refractivity contribution in [2.45, 2.75) is 6.04 Å². The monoisotopic (exact) mass is 156 g/mol. The van der Waals surface area contributed by atoms with Crippen molar-refractivity contribution < 1.29 is 0 Å². The van der Waals surface area contributed by atoms with Crippen molar-refractivity contribution >= 4 is 10.2 Å². The summed E-state index contributed by atoms with van der Waals surface area (Å²) in [7, 11) is 1.27. The van der Waals surface area contributed by atoms with Gasteiger partial charge in [0, 0.05) is 10.2 Å². The van der Waals surface area contributed by atoms with Crippen LogP contribution in [0.15, 0.2) is 52.1 Å². The van der Waals surface area contributed by atoms with Crippen LogP contribution in [0.2, 0.25) is 6.04 Å². The van der Waals surface area contributed by atoms with E-state index in [0.717, 1.165) is 0 Å². The number of hydrogen-bond donors (Lipinski definition) is 0. The molecule has 0 spiro atoms. The van der Waals surface area contributed by atoms with Crippen molar-refractivity contribution in [2.24, 2.45) is 0 Å². The van der Waals surface area contributed by atoms with E-state index >= 15 is 0 Å². The lowest BCUT2D eigenvalue weighted by Gasteiger charge is -1.57. The zero-order valence-corrected chi connectivity index (χ0v) is 9.23. The third kappa shape index (κ3) is 8750. The maximum absolute atomic E-state index is 3.51. The van der Waals surface area contributed by atoms with Crippen LogP contribution < -0.4 is 0 Å². The van der Waals surface area contributed by atoms with Crippen LogP contribution in [-0.4, -0.2) is 10.2 Å². The number of rotatable bonds is 1. The normalized spacial score (nSPS) is 4.00. The van der Waals surface area contributed by atoms with E-state index in [1.54, 1.807) is 0 Å². The van der Waals surface area contributed by atoms with Crippen molar-refractivity contribution in [2.75, 3.05) is 0 Å². The van der Waals surface area contributed by atoms with Crippen LogP contribution in [0.1, 0.15) is 0 Å². The second-order valence-electron chi connectivity index (χ2n) is 0.697. The van der Waals surface area contributed by atoms with Crippen molar-refractivity contribution in [3.05, 3.63) is 52.1 Å². The Morgan fingerprint density at radius 1 is 0.900 bits per heavy atom. The first-order chi connectivity index (χ1) is 4.91. The lowest BCUT2D eigenvalue weighted by molar-refractivity contribution is 1.76. The molecule has 0 bridgehead atoms. The molecule has 0 aromatic carbocycles. The Kier molecular flexibility index (Phi) is 696. The first-order valence-electron chi connectivity index (χ1n) is 3.02. The smallest absolute Gasteiger partial charge is 0.00753 e. The fourth-order valence-electron chi connectivity index (χ4n) is 0. The molecule has 1 heteroatoms. The van der Waals surface area contributed by atoms with Crippen LogP contribution in [0, 0.1) is 0 Å². The topological polar surface area (TPSA) is 0 Å². The molecular weight excluding hydrogens is 136 g/mol. The fraction of sp³-hybridized carbons (Fsp3) is 0.111. The highest BCUT2D eigenvalue weighted by Gasteiger charge is 1.46. The zero-order valence-electron chi connectivity index (χ0n) is 7.23. The highest BCUT2D eigenvalue weighted by Crippen LogP contribution is 1.61. The Hall–Kier alpha value is -0.823. The SMILES string of the molecule is C=C.C=C.C=C.C=CC[SiH3]. The predicted octanol–water partition coefficient (Wildman–Crippen LogP) is 2.36. The quantitative estimate of drug-likeness (QED) is 0.404. The Bertz CT molecular complexity index is 37.2. The molecule has 0 aromatic rings. The van der Waals surface area contributed by atoms with E-state index in [4.69, 9.17) is 0 Å². The summed E-state index contributed by atoms with van der Waals surface area (Å²) in [6.07, 6.45) is 1.94. The molecule has 0 heterocycles. The Morgan fingerprint density at radius 3 is 1.00 bits per heavy atom. The van der Waals surface area contributed by atoms with Gasteiger partial charge in [-0.15, -0.1) is 46.1 Å². The van der Waals surface area contributed by atoms with Gasteiger partial charge in [0.15, 0.2) is 0 Å². The maximum Gasteiger partial charge on any atom is 0.00753 e. The Labute approximate surface area is 69.1 Å².